The summed E-state index contributed by atoms with van der Waals surface area (Å²) in [6, 6.07) is 17.6. The molecule has 1 saturated heterocycles. The Morgan fingerprint density at radius 2 is 1.66 bits per heavy atom. The number of piperidine rings is 1. The maximum absolute atomic E-state index is 13.2. The Kier molecular flexibility index (Phi) is 8.78. The maximum atomic E-state index is 13.2. The monoisotopic (exact) mass is 556 g/mol. The van der Waals surface area contributed by atoms with Crippen LogP contribution in [-0.4, -0.2) is 58.8 Å². The van der Waals surface area contributed by atoms with Gasteiger partial charge in [0, 0.05) is 48.9 Å². The van der Waals surface area contributed by atoms with E-state index in [-0.39, 0.29) is 23.7 Å². The number of nitrogens with one attached hydrogen (secondary N) is 1. The number of ether oxygens (including phenoxy) is 1. The van der Waals surface area contributed by atoms with Crippen LogP contribution in [0.1, 0.15) is 53.0 Å². The fourth-order valence-corrected chi connectivity index (χ4v) is 5.39. The van der Waals surface area contributed by atoms with Crippen molar-refractivity contribution in [1.29, 1.82) is 0 Å². The molecule has 7 nitrogen and oxygen atoms in total. The zero-order valence-corrected chi connectivity index (χ0v) is 23.9. The first-order valence-corrected chi connectivity index (χ1v) is 14.3. The van der Waals surface area contributed by atoms with E-state index in [4.69, 9.17) is 9.84 Å². The summed E-state index contributed by atoms with van der Waals surface area (Å²) in [6.07, 6.45) is 3.97. The Hall–Kier alpha value is -4.04. The molecule has 1 aromatic heterocycles. The van der Waals surface area contributed by atoms with Gasteiger partial charge in [0.05, 0.1) is 18.2 Å². The number of aromatic nitrogens is 2. The molecule has 0 aliphatic carbocycles. The molecule has 2 amide bonds. The van der Waals surface area contributed by atoms with Crippen molar-refractivity contribution in [2.75, 3.05) is 26.2 Å². The highest BCUT2D eigenvalue weighted by molar-refractivity contribution is 6.00. The van der Waals surface area contributed by atoms with Crippen LogP contribution in [0.25, 0.3) is 22.0 Å². The lowest BCUT2D eigenvalue weighted by atomic mass is 9.96. The van der Waals surface area contributed by atoms with Crippen molar-refractivity contribution in [1.82, 2.24) is 20.0 Å². The molecular formula is C33H37FN4O3. The molecule has 41 heavy (non-hydrogen) atoms. The van der Waals surface area contributed by atoms with Gasteiger partial charge in [0.25, 0.3) is 11.8 Å². The summed E-state index contributed by atoms with van der Waals surface area (Å²) in [5, 5.41) is 8.68. The predicted octanol–water partition coefficient (Wildman–Crippen LogP) is 5.86. The Labute approximate surface area is 240 Å². The van der Waals surface area contributed by atoms with Crippen LogP contribution >= 0.6 is 0 Å². The lowest BCUT2D eigenvalue weighted by Gasteiger charge is -2.32. The SMILES string of the molecule is Cc1c(C(=O)NCCOC(C)C)ccc2nn(CC3CCN(C(=O)c4ccc(-c5ccc(F)cc5)cc4)CC3)cc12. The molecule has 4 aromatic rings. The van der Waals surface area contributed by atoms with E-state index in [0.29, 0.717) is 43.3 Å². The summed E-state index contributed by atoms with van der Waals surface area (Å²) >= 11 is 0. The fraction of sp³-hybridized carbons (Fsp3) is 0.364. The van der Waals surface area contributed by atoms with Gasteiger partial charge in [0.1, 0.15) is 5.82 Å². The summed E-state index contributed by atoms with van der Waals surface area (Å²) in [4.78, 5) is 27.8. The van der Waals surface area contributed by atoms with E-state index in [1.165, 1.54) is 12.1 Å². The van der Waals surface area contributed by atoms with Gasteiger partial charge >= 0.3 is 0 Å². The van der Waals surface area contributed by atoms with Gasteiger partial charge in [-0.15, -0.1) is 0 Å². The molecule has 0 spiro atoms. The fourth-order valence-electron chi connectivity index (χ4n) is 5.39. The lowest BCUT2D eigenvalue weighted by Crippen LogP contribution is -2.39. The van der Waals surface area contributed by atoms with Crippen molar-refractivity contribution in [2.24, 2.45) is 5.92 Å². The van der Waals surface area contributed by atoms with Crippen molar-refractivity contribution in [3.8, 4) is 11.1 Å². The van der Waals surface area contributed by atoms with Crippen LogP contribution < -0.4 is 5.32 Å². The van der Waals surface area contributed by atoms with Gasteiger partial charge in [-0.05, 0) is 92.6 Å². The van der Waals surface area contributed by atoms with Crippen molar-refractivity contribution in [3.63, 3.8) is 0 Å². The van der Waals surface area contributed by atoms with E-state index >= 15 is 0 Å². The highest BCUT2D eigenvalue weighted by Gasteiger charge is 2.24. The van der Waals surface area contributed by atoms with Crippen LogP contribution in [0.3, 0.4) is 0 Å². The molecular weight excluding hydrogens is 519 g/mol. The first-order valence-electron chi connectivity index (χ1n) is 14.3. The number of hydrogen-bond acceptors (Lipinski definition) is 4. The molecule has 5 rings (SSSR count). The van der Waals surface area contributed by atoms with Crippen molar-refractivity contribution >= 4 is 22.7 Å². The Morgan fingerprint density at radius 3 is 2.32 bits per heavy atom. The third kappa shape index (κ3) is 6.82. The Balaban J connectivity index is 1.15. The second-order valence-corrected chi connectivity index (χ2v) is 11.0. The van der Waals surface area contributed by atoms with E-state index in [1.807, 2.05) is 72.9 Å². The number of likely N-dealkylation sites (tertiary alicyclic amines) is 1. The number of amides is 2. The number of hydrogen-bond donors (Lipinski definition) is 1. The van der Waals surface area contributed by atoms with Gasteiger partial charge in [-0.1, -0.05) is 24.3 Å². The second kappa shape index (κ2) is 12.6. The number of aryl methyl sites for hydroxylation is 1. The van der Waals surface area contributed by atoms with Gasteiger partial charge in [0.2, 0.25) is 0 Å². The number of rotatable bonds is 9. The molecule has 0 bridgehead atoms. The van der Waals surface area contributed by atoms with E-state index < -0.39 is 0 Å². The number of fused-ring (bicyclic) bond motifs is 1. The highest BCUT2D eigenvalue weighted by Crippen LogP contribution is 2.25. The number of nitrogens with zero attached hydrogens (tertiary/aromatic N) is 3. The molecule has 0 unspecified atom stereocenters. The quantitative estimate of drug-likeness (QED) is 0.262. The molecule has 8 heteroatoms. The zero-order valence-electron chi connectivity index (χ0n) is 23.9. The van der Waals surface area contributed by atoms with Gasteiger partial charge in [0.15, 0.2) is 0 Å². The van der Waals surface area contributed by atoms with E-state index in [1.54, 1.807) is 12.1 Å². The number of benzene rings is 3. The van der Waals surface area contributed by atoms with Gasteiger partial charge in [-0.3, -0.25) is 14.3 Å². The van der Waals surface area contributed by atoms with Crippen molar-refractivity contribution < 1.29 is 18.7 Å². The van der Waals surface area contributed by atoms with Crippen LogP contribution in [0.5, 0.6) is 0 Å². The molecule has 0 atom stereocenters. The average Bonchev–Trinajstić information content (AvgIpc) is 3.39. The molecule has 214 valence electrons. The number of halogens is 1. The minimum absolute atomic E-state index is 0.0381. The predicted molar refractivity (Wildman–Crippen MR) is 158 cm³/mol. The number of carbonyl (C=O) groups is 2. The van der Waals surface area contributed by atoms with Crippen LogP contribution in [0, 0.1) is 18.7 Å². The zero-order chi connectivity index (χ0) is 28.9. The summed E-state index contributed by atoms with van der Waals surface area (Å²) < 4.78 is 20.7. The third-order valence-corrected chi connectivity index (χ3v) is 7.75. The summed E-state index contributed by atoms with van der Waals surface area (Å²) in [5.41, 5.74) is 4.97. The smallest absolute Gasteiger partial charge is 0.253 e. The third-order valence-electron chi connectivity index (χ3n) is 7.75. The first-order chi connectivity index (χ1) is 19.8. The normalized spacial score (nSPS) is 14.1. The second-order valence-electron chi connectivity index (χ2n) is 11.0. The maximum Gasteiger partial charge on any atom is 0.253 e. The molecule has 2 heterocycles. The highest BCUT2D eigenvalue weighted by atomic mass is 19.1. The molecule has 1 N–H and O–H groups in total. The van der Waals surface area contributed by atoms with Gasteiger partial charge < -0.3 is 15.0 Å². The molecule has 1 aliphatic rings. The summed E-state index contributed by atoms with van der Waals surface area (Å²) in [7, 11) is 0. The molecule has 1 aliphatic heterocycles. The Bertz CT molecular complexity index is 1500. The molecule has 0 saturated carbocycles. The van der Waals surface area contributed by atoms with Crippen molar-refractivity contribution in [2.45, 2.75) is 46.3 Å². The van der Waals surface area contributed by atoms with E-state index in [9.17, 15) is 14.0 Å². The topological polar surface area (TPSA) is 76.5 Å². The summed E-state index contributed by atoms with van der Waals surface area (Å²) in [6.45, 7) is 9.03. The Morgan fingerprint density at radius 1 is 1.00 bits per heavy atom. The largest absolute Gasteiger partial charge is 0.377 e. The summed E-state index contributed by atoms with van der Waals surface area (Å²) in [5.74, 6) is 0.0820. The van der Waals surface area contributed by atoms with Gasteiger partial charge in [-0.2, -0.15) is 5.10 Å². The standard InChI is InChI=1S/C33H37FN4O3/c1-22(2)41-19-16-35-32(39)29-12-13-31-30(23(29)3)21-38(36-31)20-24-14-17-37(18-15-24)33(40)27-6-4-25(5-7-27)26-8-10-28(34)11-9-26/h4-13,21-22,24H,14-20H2,1-3H3,(H,35,39). The average molecular weight is 557 g/mol. The van der Waals surface area contributed by atoms with Gasteiger partial charge in [-0.25, -0.2) is 4.39 Å². The van der Waals surface area contributed by atoms with Crippen LogP contribution in [0.4, 0.5) is 4.39 Å². The lowest BCUT2D eigenvalue weighted by molar-refractivity contribution is 0.0681. The van der Waals surface area contributed by atoms with Crippen molar-refractivity contribution in [3.05, 3.63) is 89.4 Å². The van der Waals surface area contributed by atoms with Crippen LogP contribution in [0.15, 0.2) is 66.9 Å². The molecule has 0 radical (unpaired) electrons. The molecule has 1 fully saturated rings. The van der Waals surface area contributed by atoms with E-state index in [0.717, 1.165) is 47.0 Å². The van der Waals surface area contributed by atoms with E-state index in [2.05, 4.69) is 5.32 Å². The number of carbonyl (C=O) groups excluding carboxylic acids is 2. The van der Waals surface area contributed by atoms with Crippen LogP contribution in [-0.2, 0) is 11.3 Å². The van der Waals surface area contributed by atoms with Crippen LogP contribution in [0.2, 0.25) is 0 Å². The minimum atomic E-state index is -0.266. The first kappa shape index (κ1) is 28.5. The molecule has 3 aromatic carbocycles. The minimum Gasteiger partial charge on any atom is -0.377 e.